The van der Waals surface area contributed by atoms with Crippen LogP contribution >= 0.6 is 11.3 Å². The predicted octanol–water partition coefficient (Wildman–Crippen LogP) is 2.52. The molecule has 0 N–H and O–H groups in total. The lowest BCUT2D eigenvalue weighted by molar-refractivity contribution is 0.0970. The first-order valence-corrected chi connectivity index (χ1v) is 5.49. The zero-order valence-electron chi connectivity index (χ0n) is 8.25. The molecule has 0 saturated carbocycles. The Labute approximate surface area is 91.8 Å². The average Bonchev–Trinajstić information content (AvgIpc) is 2.82. The van der Waals surface area contributed by atoms with Gasteiger partial charge in [0, 0.05) is 24.5 Å². The molecule has 1 atom stereocenters. The first kappa shape index (κ1) is 9.98. The Morgan fingerprint density at radius 3 is 2.67 bits per heavy atom. The second-order valence-corrected chi connectivity index (χ2v) is 4.12. The van der Waals surface area contributed by atoms with Crippen LogP contribution in [0.1, 0.15) is 28.1 Å². The van der Waals surface area contributed by atoms with E-state index in [2.05, 4.69) is 9.97 Å². The average molecular weight is 218 g/mol. The SMILES string of the molecule is CC(C(=O)c1cncs1)c1ccncc1. The highest BCUT2D eigenvalue weighted by atomic mass is 32.1. The zero-order valence-corrected chi connectivity index (χ0v) is 9.07. The lowest BCUT2D eigenvalue weighted by atomic mass is 9.97. The van der Waals surface area contributed by atoms with Crippen molar-refractivity contribution in [3.8, 4) is 0 Å². The Morgan fingerprint density at radius 2 is 2.07 bits per heavy atom. The molecule has 2 aromatic rings. The van der Waals surface area contributed by atoms with Crippen molar-refractivity contribution in [3.05, 3.63) is 46.7 Å². The molecule has 0 aliphatic heterocycles. The molecule has 0 aliphatic carbocycles. The van der Waals surface area contributed by atoms with Crippen LogP contribution in [-0.4, -0.2) is 15.8 Å². The second-order valence-electron chi connectivity index (χ2n) is 3.23. The Bertz CT molecular complexity index is 439. The van der Waals surface area contributed by atoms with Crippen LogP contribution in [0.5, 0.6) is 0 Å². The summed E-state index contributed by atoms with van der Waals surface area (Å²) in [6, 6.07) is 3.73. The normalized spacial score (nSPS) is 12.3. The van der Waals surface area contributed by atoms with Crippen molar-refractivity contribution in [2.75, 3.05) is 0 Å². The molecule has 2 rings (SSSR count). The topological polar surface area (TPSA) is 42.9 Å². The number of rotatable bonds is 3. The molecule has 3 nitrogen and oxygen atoms in total. The maximum absolute atomic E-state index is 12.0. The van der Waals surface area contributed by atoms with Crippen molar-refractivity contribution in [2.45, 2.75) is 12.8 Å². The maximum atomic E-state index is 12.0. The molecule has 0 radical (unpaired) electrons. The monoisotopic (exact) mass is 218 g/mol. The van der Waals surface area contributed by atoms with Gasteiger partial charge in [-0.3, -0.25) is 14.8 Å². The summed E-state index contributed by atoms with van der Waals surface area (Å²) in [5.41, 5.74) is 2.66. The second kappa shape index (κ2) is 4.31. The number of carbonyl (C=O) groups excluding carboxylic acids is 1. The van der Waals surface area contributed by atoms with Gasteiger partial charge >= 0.3 is 0 Å². The van der Waals surface area contributed by atoms with Crippen molar-refractivity contribution in [2.24, 2.45) is 0 Å². The van der Waals surface area contributed by atoms with Gasteiger partial charge in [0.15, 0.2) is 5.78 Å². The van der Waals surface area contributed by atoms with Crippen LogP contribution in [0.25, 0.3) is 0 Å². The van der Waals surface area contributed by atoms with E-state index < -0.39 is 0 Å². The summed E-state index contributed by atoms with van der Waals surface area (Å²) in [6.07, 6.45) is 5.02. The first-order valence-electron chi connectivity index (χ1n) is 4.61. The molecule has 0 aromatic carbocycles. The molecule has 15 heavy (non-hydrogen) atoms. The highest BCUT2D eigenvalue weighted by Crippen LogP contribution is 2.21. The quantitative estimate of drug-likeness (QED) is 0.743. The molecule has 0 fully saturated rings. The summed E-state index contributed by atoms with van der Waals surface area (Å²) in [4.78, 5) is 20.5. The first-order chi connectivity index (χ1) is 7.29. The van der Waals surface area contributed by atoms with Gasteiger partial charge < -0.3 is 0 Å². The molecule has 1 unspecified atom stereocenters. The van der Waals surface area contributed by atoms with Crippen molar-refractivity contribution in [1.82, 2.24) is 9.97 Å². The van der Waals surface area contributed by atoms with E-state index in [1.165, 1.54) is 11.3 Å². The van der Waals surface area contributed by atoms with E-state index in [-0.39, 0.29) is 11.7 Å². The van der Waals surface area contributed by atoms with Gasteiger partial charge in [-0.15, -0.1) is 11.3 Å². The molecular formula is C11H10N2OS. The lowest BCUT2D eigenvalue weighted by Crippen LogP contribution is -2.07. The van der Waals surface area contributed by atoms with Crippen LogP contribution in [0, 0.1) is 0 Å². The molecule has 0 spiro atoms. The van der Waals surface area contributed by atoms with Crippen molar-refractivity contribution in [1.29, 1.82) is 0 Å². The van der Waals surface area contributed by atoms with Crippen LogP contribution in [0.3, 0.4) is 0 Å². The number of aromatic nitrogens is 2. The number of ketones is 1. The fourth-order valence-electron chi connectivity index (χ4n) is 1.35. The number of Topliss-reactive ketones (excluding diaryl/α,β-unsaturated/α-hetero) is 1. The smallest absolute Gasteiger partial charge is 0.181 e. The van der Waals surface area contributed by atoms with E-state index in [4.69, 9.17) is 0 Å². The van der Waals surface area contributed by atoms with E-state index in [1.54, 1.807) is 24.1 Å². The molecule has 0 amide bonds. The minimum Gasteiger partial charge on any atom is -0.293 e. The van der Waals surface area contributed by atoms with E-state index in [1.807, 2.05) is 19.1 Å². The number of hydrogen-bond acceptors (Lipinski definition) is 4. The molecule has 2 heterocycles. The van der Waals surface area contributed by atoms with E-state index in [0.29, 0.717) is 4.88 Å². The summed E-state index contributed by atoms with van der Waals surface area (Å²) in [5.74, 6) is -0.0165. The third kappa shape index (κ3) is 2.10. The van der Waals surface area contributed by atoms with Gasteiger partial charge in [-0.2, -0.15) is 0 Å². The Kier molecular flexibility index (Phi) is 2.87. The number of hydrogen-bond donors (Lipinski definition) is 0. The molecule has 4 heteroatoms. The minimum absolute atomic E-state index is 0.115. The summed E-state index contributed by atoms with van der Waals surface area (Å²) >= 11 is 1.38. The van der Waals surface area contributed by atoms with E-state index >= 15 is 0 Å². The van der Waals surface area contributed by atoms with Gasteiger partial charge in [0.1, 0.15) is 0 Å². The summed E-state index contributed by atoms with van der Waals surface area (Å²) in [7, 11) is 0. The van der Waals surface area contributed by atoms with Gasteiger partial charge in [0.05, 0.1) is 10.4 Å². The van der Waals surface area contributed by atoms with Gasteiger partial charge in [-0.05, 0) is 17.7 Å². The third-order valence-corrected chi connectivity index (χ3v) is 3.06. The van der Waals surface area contributed by atoms with Gasteiger partial charge in [-0.1, -0.05) is 6.92 Å². The standard InChI is InChI=1S/C11H10N2OS/c1-8(9-2-4-12-5-3-9)11(14)10-6-13-7-15-10/h2-8H,1H3. The fourth-order valence-corrected chi connectivity index (χ4v) is 2.00. The van der Waals surface area contributed by atoms with E-state index in [0.717, 1.165) is 5.56 Å². The number of nitrogens with zero attached hydrogens (tertiary/aromatic N) is 2. The number of thiazole rings is 1. The van der Waals surface area contributed by atoms with Gasteiger partial charge in [-0.25, -0.2) is 0 Å². The molecule has 0 bridgehead atoms. The Hall–Kier alpha value is -1.55. The lowest BCUT2D eigenvalue weighted by Gasteiger charge is -2.08. The van der Waals surface area contributed by atoms with Crippen LogP contribution in [-0.2, 0) is 0 Å². The molecule has 2 aromatic heterocycles. The fraction of sp³-hybridized carbons (Fsp3) is 0.182. The van der Waals surface area contributed by atoms with Crippen molar-refractivity contribution < 1.29 is 4.79 Å². The largest absolute Gasteiger partial charge is 0.293 e. The molecule has 0 saturated heterocycles. The molecule has 76 valence electrons. The highest BCUT2D eigenvalue weighted by Gasteiger charge is 2.17. The zero-order chi connectivity index (χ0) is 10.7. The van der Waals surface area contributed by atoms with Gasteiger partial charge in [0.25, 0.3) is 0 Å². The van der Waals surface area contributed by atoms with Crippen molar-refractivity contribution >= 4 is 17.1 Å². The van der Waals surface area contributed by atoms with E-state index in [9.17, 15) is 4.79 Å². The highest BCUT2D eigenvalue weighted by molar-refractivity contribution is 7.11. The number of carbonyl (C=O) groups is 1. The van der Waals surface area contributed by atoms with Crippen LogP contribution < -0.4 is 0 Å². The van der Waals surface area contributed by atoms with Crippen LogP contribution in [0.4, 0.5) is 0 Å². The minimum atomic E-state index is -0.131. The summed E-state index contributed by atoms with van der Waals surface area (Å²) < 4.78 is 0. The van der Waals surface area contributed by atoms with Gasteiger partial charge in [0.2, 0.25) is 0 Å². The van der Waals surface area contributed by atoms with Crippen LogP contribution in [0.15, 0.2) is 36.2 Å². The molecule has 0 aliphatic rings. The number of pyridine rings is 1. The third-order valence-electron chi connectivity index (χ3n) is 2.27. The summed E-state index contributed by atoms with van der Waals surface area (Å²) in [6.45, 7) is 1.90. The molecular weight excluding hydrogens is 208 g/mol. The summed E-state index contributed by atoms with van der Waals surface area (Å²) in [5, 5.41) is 0. The Balaban J connectivity index is 2.23. The van der Waals surface area contributed by atoms with Crippen LogP contribution in [0.2, 0.25) is 0 Å². The van der Waals surface area contributed by atoms with Crippen molar-refractivity contribution in [3.63, 3.8) is 0 Å². The predicted molar refractivity (Wildman–Crippen MR) is 59.1 cm³/mol. The maximum Gasteiger partial charge on any atom is 0.181 e. The Morgan fingerprint density at radius 1 is 1.33 bits per heavy atom.